The van der Waals surface area contributed by atoms with Gasteiger partial charge in [0.2, 0.25) is 11.8 Å². The number of hydrogen-bond acceptors (Lipinski definition) is 3. The molecule has 1 aromatic carbocycles. The fourth-order valence-electron chi connectivity index (χ4n) is 3.36. The lowest BCUT2D eigenvalue weighted by molar-refractivity contribution is -0.139. The molecule has 1 aromatic rings. The normalized spacial score (nSPS) is 15.5. The van der Waals surface area contributed by atoms with E-state index in [9.17, 15) is 9.59 Å². The van der Waals surface area contributed by atoms with E-state index in [1.165, 1.54) is 5.56 Å². The van der Waals surface area contributed by atoms with Gasteiger partial charge >= 0.3 is 0 Å². The number of benzene rings is 1. The van der Waals surface area contributed by atoms with Gasteiger partial charge in [-0.25, -0.2) is 0 Å². The highest BCUT2D eigenvalue weighted by Gasteiger charge is 2.27. The Morgan fingerprint density at radius 3 is 2.22 bits per heavy atom. The maximum absolute atomic E-state index is 12.3. The molecule has 0 atom stereocenters. The second-order valence-electron chi connectivity index (χ2n) is 8.61. The minimum atomic E-state index is 0.0588. The number of rotatable bonds is 6. The van der Waals surface area contributed by atoms with Gasteiger partial charge < -0.3 is 14.5 Å². The zero-order valence-electron chi connectivity index (χ0n) is 17.5. The molecule has 150 valence electrons. The Hall–Kier alpha value is -2.04. The van der Waals surface area contributed by atoms with Crippen LogP contribution in [0.2, 0.25) is 0 Å². The largest absolute Gasteiger partial charge is 0.494 e. The van der Waals surface area contributed by atoms with E-state index in [0.717, 1.165) is 18.6 Å². The zero-order chi connectivity index (χ0) is 20.0. The summed E-state index contributed by atoms with van der Waals surface area (Å²) in [6, 6.07) is 8.18. The van der Waals surface area contributed by atoms with Crippen molar-refractivity contribution in [3.05, 3.63) is 29.8 Å². The quantitative estimate of drug-likeness (QED) is 0.717. The predicted octanol–water partition coefficient (Wildman–Crippen LogP) is 3.47. The van der Waals surface area contributed by atoms with Crippen LogP contribution in [0.1, 0.15) is 52.0 Å². The number of piperidine rings is 1. The van der Waals surface area contributed by atoms with Gasteiger partial charge in [-0.3, -0.25) is 9.59 Å². The average molecular weight is 375 g/mol. The van der Waals surface area contributed by atoms with Crippen molar-refractivity contribution >= 4 is 11.8 Å². The van der Waals surface area contributed by atoms with Crippen LogP contribution in [0.3, 0.4) is 0 Å². The van der Waals surface area contributed by atoms with Gasteiger partial charge in [-0.15, -0.1) is 0 Å². The summed E-state index contributed by atoms with van der Waals surface area (Å²) in [5.41, 5.74) is 1.41. The molecule has 0 unspecified atom stereocenters. The van der Waals surface area contributed by atoms with E-state index >= 15 is 0 Å². The van der Waals surface area contributed by atoms with E-state index in [2.05, 4.69) is 32.9 Å². The number of amides is 2. The summed E-state index contributed by atoms with van der Waals surface area (Å²) in [5.74, 6) is 1.24. The van der Waals surface area contributed by atoms with Gasteiger partial charge in [-0.05, 0) is 42.4 Å². The summed E-state index contributed by atoms with van der Waals surface area (Å²) >= 11 is 0. The van der Waals surface area contributed by atoms with Crippen molar-refractivity contribution < 1.29 is 14.3 Å². The molecule has 2 amide bonds. The molecule has 5 heteroatoms. The van der Waals surface area contributed by atoms with Crippen LogP contribution in [0.15, 0.2) is 24.3 Å². The van der Waals surface area contributed by atoms with Crippen molar-refractivity contribution in [1.29, 1.82) is 0 Å². The Balaban J connectivity index is 1.67. The lowest BCUT2D eigenvalue weighted by atomic mass is 9.87. The molecule has 2 rings (SSSR count). The van der Waals surface area contributed by atoms with Crippen LogP contribution in [-0.4, -0.2) is 55.4 Å². The molecule has 0 radical (unpaired) electrons. The van der Waals surface area contributed by atoms with Crippen LogP contribution in [0.4, 0.5) is 0 Å². The van der Waals surface area contributed by atoms with Crippen molar-refractivity contribution in [3.63, 3.8) is 0 Å². The first-order valence-corrected chi connectivity index (χ1v) is 9.91. The zero-order valence-corrected chi connectivity index (χ0v) is 17.5. The number of likely N-dealkylation sites (tertiary alicyclic amines) is 1. The summed E-state index contributed by atoms with van der Waals surface area (Å²) in [4.78, 5) is 27.9. The van der Waals surface area contributed by atoms with Gasteiger partial charge in [0.05, 0.1) is 6.61 Å². The van der Waals surface area contributed by atoms with Crippen molar-refractivity contribution in [2.24, 2.45) is 5.92 Å². The Labute approximate surface area is 163 Å². The predicted molar refractivity (Wildman–Crippen MR) is 108 cm³/mol. The molecular weight excluding hydrogens is 340 g/mol. The highest BCUT2D eigenvalue weighted by molar-refractivity contribution is 5.79. The second kappa shape index (κ2) is 9.25. The summed E-state index contributed by atoms with van der Waals surface area (Å²) in [5, 5.41) is 0. The number of carbonyl (C=O) groups is 2. The third kappa shape index (κ3) is 6.26. The molecule has 1 fully saturated rings. The van der Waals surface area contributed by atoms with Crippen molar-refractivity contribution in [2.75, 3.05) is 33.8 Å². The van der Waals surface area contributed by atoms with Gasteiger partial charge in [0.1, 0.15) is 5.75 Å². The fraction of sp³-hybridized carbons (Fsp3) is 0.636. The maximum atomic E-state index is 12.3. The molecule has 0 spiro atoms. The van der Waals surface area contributed by atoms with Crippen molar-refractivity contribution in [3.8, 4) is 5.75 Å². The Kier molecular flexibility index (Phi) is 7.28. The third-order valence-electron chi connectivity index (χ3n) is 5.16. The molecule has 1 aliphatic heterocycles. The minimum absolute atomic E-state index is 0.0588. The molecule has 1 saturated heterocycles. The Morgan fingerprint density at radius 2 is 1.70 bits per heavy atom. The molecule has 0 N–H and O–H groups in total. The van der Waals surface area contributed by atoms with Crippen LogP contribution in [0.5, 0.6) is 5.75 Å². The summed E-state index contributed by atoms with van der Waals surface area (Å²) in [7, 11) is 3.58. The third-order valence-corrected chi connectivity index (χ3v) is 5.16. The SMILES string of the molecule is CN(C)C(=O)C1CCN(C(=O)CCCOc2ccc(C(C)(C)C)cc2)CC1. The molecular formula is C22H34N2O3. The van der Waals surface area contributed by atoms with Crippen LogP contribution in [0, 0.1) is 5.92 Å². The first-order valence-electron chi connectivity index (χ1n) is 9.91. The molecule has 0 saturated carbocycles. The van der Waals surface area contributed by atoms with E-state index in [4.69, 9.17) is 4.74 Å². The molecule has 1 heterocycles. The van der Waals surface area contributed by atoms with E-state index in [0.29, 0.717) is 32.5 Å². The van der Waals surface area contributed by atoms with Crippen molar-refractivity contribution in [1.82, 2.24) is 9.80 Å². The van der Waals surface area contributed by atoms with Crippen LogP contribution >= 0.6 is 0 Å². The van der Waals surface area contributed by atoms with Gasteiger partial charge in [0.15, 0.2) is 0 Å². The van der Waals surface area contributed by atoms with Crippen molar-refractivity contribution in [2.45, 2.75) is 51.9 Å². The topological polar surface area (TPSA) is 49.9 Å². The van der Waals surface area contributed by atoms with E-state index in [1.54, 1.807) is 19.0 Å². The molecule has 0 aromatic heterocycles. The average Bonchev–Trinajstić information content (AvgIpc) is 2.64. The fourth-order valence-corrected chi connectivity index (χ4v) is 3.36. The number of carbonyl (C=O) groups excluding carboxylic acids is 2. The summed E-state index contributed by atoms with van der Waals surface area (Å²) < 4.78 is 5.77. The molecule has 27 heavy (non-hydrogen) atoms. The van der Waals surface area contributed by atoms with Gasteiger partial charge in [-0.2, -0.15) is 0 Å². The smallest absolute Gasteiger partial charge is 0.225 e. The first-order chi connectivity index (χ1) is 12.7. The Morgan fingerprint density at radius 1 is 1.11 bits per heavy atom. The standard InChI is InChI=1S/C22H34N2O3/c1-22(2,3)18-8-10-19(11-9-18)27-16-6-7-20(25)24-14-12-17(13-15-24)21(26)23(4)5/h8-11,17H,6-7,12-16H2,1-5H3. The molecule has 5 nitrogen and oxygen atoms in total. The monoisotopic (exact) mass is 374 g/mol. The summed E-state index contributed by atoms with van der Waals surface area (Å²) in [6.45, 7) is 8.46. The Bertz CT molecular complexity index is 624. The highest BCUT2D eigenvalue weighted by atomic mass is 16.5. The van der Waals surface area contributed by atoms with Gasteiger partial charge in [-0.1, -0.05) is 32.9 Å². The summed E-state index contributed by atoms with van der Waals surface area (Å²) in [6.07, 6.45) is 2.72. The highest BCUT2D eigenvalue weighted by Crippen LogP contribution is 2.24. The second-order valence-corrected chi connectivity index (χ2v) is 8.61. The maximum Gasteiger partial charge on any atom is 0.225 e. The lowest BCUT2D eigenvalue weighted by Gasteiger charge is -2.32. The van der Waals surface area contributed by atoms with E-state index in [-0.39, 0.29) is 23.1 Å². The lowest BCUT2D eigenvalue weighted by Crippen LogP contribution is -2.42. The first kappa shape index (κ1) is 21.3. The molecule has 0 aliphatic carbocycles. The van der Waals surface area contributed by atoms with E-state index in [1.807, 2.05) is 17.0 Å². The minimum Gasteiger partial charge on any atom is -0.494 e. The van der Waals surface area contributed by atoms with Gasteiger partial charge in [0.25, 0.3) is 0 Å². The molecule has 0 bridgehead atoms. The molecule has 1 aliphatic rings. The number of ether oxygens (including phenoxy) is 1. The van der Waals surface area contributed by atoms with Crippen LogP contribution in [-0.2, 0) is 15.0 Å². The van der Waals surface area contributed by atoms with Gasteiger partial charge in [0, 0.05) is 39.5 Å². The number of nitrogens with zero attached hydrogens (tertiary/aromatic N) is 2. The number of hydrogen-bond donors (Lipinski definition) is 0. The van der Waals surface area contributed by atoms with Crippen LogP contribution in [0.25, 0.3) is 0 Å². The van der Waals surface area contributed by atoms with E-state index < -0.39 is 0 Å². The van der Waals surface area contributed by atoms with Crippen LogP contribution < -0.4 is 4.74 Å².